The zero-order valence-electron chi connectivity index (χ0n) is 16.0. The van der Waals surface area contributed by atoms with Gasteiger partial charge in [0.05, 0.1) is 6.26 Å². The second-order valence-electron chi connectivity index (χ2n) is 6.44. The first kappa shape index (κ1) is 20.9. The molecule has 3 amide bonds. The van der Waals surface area contributed by atoms with Gasteiger partial charge < -0.3 is 16.0 Å². The van der Waals surface area contributed by atoms with Crippen molar-refractivity contribution >= 4 is 44.7 Å². The molecule has 0 aliphatic heterocycles. The Kier molecular flexibility index (Phi) is 6.33. The monoisotopic (exact) mass is 424 g/mol. The summed E-state index contributed by atoms with van der Waals surface area (Å²) in [7, 11) is -3.45. The molecule has 8 nitrogen and oxygen atoms in total. The van der Waals surface area contributed by atoms with Crippen molar-refractivity contribution in [2.75, 3.05) is 26.9 Å². The van der Waals surface area contributed by atoms with Gasteiger partial charge in [-0.1, -0.05) is 30.3 Å². The van der Waals surface area contributed by atoms with Crippen LogP contribution in [0.25, 0.3) is 0 Å². The van der Waals surface area contributed by atoms with Gasteiger partial charge in [-0.2, -0.15) is 0 Å². The van der Waals surface area contributed by atoms with Crippen LogP contribution in [-0.4, -0.2) is 26.6 Å². The molecular formula is C21H20N4O4S. The number of rotatable bonds is 6. The van der Waals surface area contributed by atoms with Gasteiger partial charge >= 0.3 is 6.03 Å². The summed E-state index contributed by atoms with van der Waals surface area (Å²) in [6.07, 6.45) is 1.03. The lowest BCUT2D eigenvalue weighted by Gasteiger charge is -2.11. The van der Waals surface area contributed by atoms with Crippen molar-refractivity contribution in [1.29, 1.82) is 0 Å². The van der Waals surface area contributed by atoms with Crippen molar-refractivity contribution in [2.24, 2.45) is 0 Å². The van der Waals surface area contributed by atoms with E-state index < -0.39 is 22.0 Å². The van der Waals surface area contributed by atoms with Crippen molar-refractivity contribution < 1.29 is 18.0 Å². The number of para-hydroxylation sites is 1. The second-order valence-corrected chi connectivity index (χ2v) is 8.18. The Morgan fingerprint density at radius 2 is 1.23 bits per heavy atom. The first-order valence-electron chi connectivity index (χ1n) is 8.91. The van der Waals surface area contributed by atoms with E-state index in [1.54, 1.807) is 54.6 Å². The van der Waals surface area contributed by atoms with Gasteiger partial charge in [-0.05, 0) is 48.5 Å². The molecule has 0 fully saturated rings. The van der Waals surface area contributed by atoms with E-state index in [9.17, 15) is 18.0 Å². The highest BCUT2D eigenvalue weighted by Crippen LogP contribution is 2.18. The van der Waals surface area contributed by atoms with Crippen LogP contribution in [0.15, 0.2) is 78.9 Å². The molecule has 0 bridgehead atoms. The van der Waals surface area contributed by atoms with Crippen molar-refractivity contribution in [3.63, 3.8) is 0 Å². The van der Waals surface area contributed by atoms with Crippen molar-refractivity contribution in [1.82, 2.24) is 0 Å². The zero-order chi connectivity index (χ0) is 21.6. The van der Waals surface area contributed by atoms with Crippen LogP contribution in [0.2, 0.25) is 0 Å². The Bertz CT molecular complexity index is 1160. The van der Waals surface area contributed by atoms with E-state index in [1.807, 2.05) is 18.2 Å². The van der Waals surface area contributed by atoms with E-state index in [4.69, 9.17) is 0 Å². The maximum absolute atomic E-state index is 12.5. The summed E-state index contributed by atoms with van der Waals surface area (Å²) >= 11 is 0. The fraction of sp³-hybridized carbons (Fsp3) is 0.0476. The summed E-state index contributed by atoms with van der Waals surface area (Å²) in [5, 5.41) is 8.13. The fourth-order valence-electron chi connectivity index (χ4n) is 2.63. The van der Waals surface area contributed by atoms with Crippen LogP contribution in [-0.2, 0) is 10.0 Å². The number of nitrogens with one attached hydrogen (secondary N) is 4. The molecule has 3 aromatic carbocycles. The van der Waals surface area contributed by atoms with Crippen LogP contribution in [0.5, 0.6) is 0 Å². The number of hydrogen-bond donors (Lipinski definition) is 4. The van der Waals surface area contributed by atoms with Crippen LogP contribution >= 0.6 is 0 Å². The molecule has 3 rings (SSSR count). The Hall–Kier alpha value is -3.85. The number of amides is 3. The molecule has 9 heteroatoms. The largest absolute Gasteiger partial charge is 0.323 e. The quantitative estimate of drug-likeness (QED) is 0.479. The number of carbonyl (C=O) groups excluding carboxylic acids is 2. The minimum Gasteiger partial charge on any atom is -0.322 e. The van der Waals surface area contributed by atoms with Gasteiger partial charge in [0, 0.05) is 28.3 Å². The molecule has 3 aromatic rings. The summed E-state index contributed by atoms with van der Waals surface area (Å²) < 4.78 is 25.1. The Balaban J connectivity index is 1.65. The van der Waals surface area contributed by atoms with Gasteiger partial charge in [-0.3, -0.25) is 9.52 Å². The molecule has 0 heterocycles. The molecule has 154 valence electrons. The number of benzene rings is 3. The Morgan fingerprint density at radius 1 is 0.667 bits per heavy atom. The molecule has 0 radical (unpaired) electrons. The lowest BCUT2D eigenvalue weighted by atomic mass is 10.2. The highest BCUT2D eigenvalue weighted by atomic mass is 32.2. The van der Waals surface area contributed by atoms with E-state index in [2.05, 4.69) is 20.7 Å². The maximum atomic E-state index is 12.5. The summed E-state index contributed by atoms with van der Waals surface area (Å²) in [5.74, 6) is -0.418. The maximum Gasteiger partial charge on any atom is 0.323 e. The van der Waals surface area contributed by atoms with E-state index in [-0.39, 0.29) is 11.3 Å². The standard InChI is InChI=1S/C21H20N4O4S/c1-30(28,29)25-19-12-5-7-15(13-19)20(26)22-17-10-6-11-18(14-17)24-21(27)23-16-8-3-2-4-9-16/h2-14,25H,1H3,(H,22,26)(H2,23,24,27). The molecule has 0 saturated heterocycles. The molecule has 30 heavy (non-hydrogen) atoms. The summed E-state index contributed by atoms with van der Waals surface area (Å²) in [4.78, 5) is 24.6. The molecule has 0 unspecified atom stereocenters. The molecule has 0 aliphatic carbocycles. The predicted molar refractivity (Wildman–Crippen MR) is 118 cm³/mol. The molecule has 0 spiro atoms. The highest BCUT2D eigenvalue weighted by molar-refractivity contribution is 7.92. The third-order valence-corrected chi connectivity index (χ3v) is 4.44. The summed E-state index contributed by atoms with van der Waals surface area (Å²) in [6, 6.07) is 21.4. The fourth-order valence-corrected chi connectivity index (χ4v) is 3.19. The normalized spacial score (nSPS) is 10.7. The summed E-state index contributed by atoms with van der Waals surface area (Å²) in [5.41, 5.74) is 2.19. The van der Waals surface area contributed by atoms with E-state index in [1.165, 1.54) is 6.07 Å². The average Bonchev–Trinajstić information content (AvgIpc) is 2.68. The topological polar surface area (TPSA) is 116 Å². The Morgan fingerprint density at radius 3 is 1.93 bits per heavy atom. The number of anilines is 4. The van der Waals surface area contributed by atoms with E-state index in [0.717, 1.165) is 6.26 Å². The van der Waals surface area contributed by atoms with Gasteiger partial charge in [0.2, 0.25) is 10.0 Å². The zero-order valence-corrected chi connectivity index (χ0v) is 16.9. The van der Waals surface area contributed by atoms with E-state index >= 15 is 0 Å². The van der Waals surface area contributed by atoms with Gasteiger partial charge in [-0.15, -0.1) is 0 Å². The van der Waals surface area contributed by atoms with Crippen LogP contribution < -0.4 is 20.7 Å². The van der Waals surface area contributed by atoms with E-state index in [0.29, 0.717) is 17.1 Å². The molecule has 4 N–H and O–H groups in total. The van der Waals surface area contributed by atoms with Gasteiger partial charge in [0.25, 0.3) is 5.91 Å². The lowest BCUT2D eigenvalue weighted by Crippen LogP contribution is -2.19. The third-order valence-electron chi connectivity index (χ3n) is 3.84. The number of sulfonamides is 1. The van der Waals surface area contributed by atoms with Gasteiger partial charge in [0.1, 0.15) is 0 Å². The third kappa shape index (κ3) is 6.35. The van der Waals surface area contributed by atoms with Crippen molar-refractivity contribution in [2.45, 2.75) is 0 Å². The molecule has 0 aromatic heterocycles. The second kappa shape index (κ2) is 9.10. The van der Waals surface area contributed by atoms with Crippen LogP contribution in [0.4, 0.5) is 27.5 Å². The lowest BCUT2D eigenvalue weighted by molar-refractivity contribution is 0.102. The van der Waals surface area contributed by atoms with Crippen LogP contribution in [0.1, 0.15) is 10.4 Å². The summed E-state index contributed by atoms with van der Waals surface area (Å²) in [6.45, 7) is 0. The minimum atomic E-state index is -3.45. The van der Waals surface area contributed by atoms with Crippen molar-refractivity contribution in [3.8, 4) is 0 Å². The van der Waals surface area contributed by atoms with Gasteiger partial charge in [0.15, 0.2) is 0 Å². The minimum absolute atomic E-state index is 0.281. The number of carbonyl (C=O) groups is 2. The first-order valence-corrected chi connectivity index (χ1v) is 10.8. The SMILES string of the molecule is CS(=O)(=O)Nc1cccc(C(=O)Nc2cccc(NC(=O)Nc3ccccc3)c2)c1. The van der Waals surface area contributed by atoms with Crippen molar-refractivity contribution in [3.05, 3.63) is 84.4 Å². The van der Waals surface area contributed by atoms with Crippen LogP contribution in [0, 0.1) is 0 Å². The molecule has 0 saturated carbocycles. The molecular weight excluding hydrogens is 404 g/mol. The van der Waals surface area contributed by atoms with Gasteiger partial charge in [-0.25, -0.2) is 13.2 Å². The molecule has 0 atom stereocenters. The average molecular weight is 424 g/mol. The van der Waals surface area contributed by atoms with Crippen LogP contribution in [0.3, 0.4) is 0 Å². The highest BCUT2D eigenvalue weighted by Gasteiger charge is 2.10. The number of hydrogen-bond acceptors (Lipinski definition) is 4. The predicted octanol–water partition coefficient (Wildman–Crippen LogP) is 3.95. The molecule has 0 aliphatic rings. The smallest absolute Gasteiger partial charge is 0.322 e. The first-order chi connectivity index (χ1) is 14.3. The number of urea groups is 1. The Labute approximate surface area is 174 Å².